The van der Waals surface area contributed by atoms with Crippen molar-refractivity contribution in [3.63, 3.8) is 0 Å². The van der Waals surface area contributed by atoms with Crippen LogP contribution >= 0.6 is 0 Å². The third kappa shape index (κ3) is 4.34. The van der Waals surface area contributed by atoms with E-state index in [-0.39, 0.29) is 17.9 Å². The molecule has 2 unspecified atom stereocenters. The minimum Gasteiger partial charge on any atom is -0.388 e. The van der Waals surface area contributed by atoms with E-state index in [1.54, 1.807) is 0 Å². The molecule has 2 atom stereocenters. The van der Waals surface area contributed by atoms with Gasteiger partial charge in [-0.3, -0.25) is 4.79 Å². The van der Waals surface area contributed by atoms with Crippen LogP contribution in [0.5, 0.6) is 0 Å². The largest absolute Gasteiger partial charge is 0.388 e. The third-order valence-electron chi connectivity index (χ3n) is 4.13. The summed E-state index contributed by atoms with van der Waals surface area (Å²) in [6.07, 6.45) is 5.66. The summed E-state index contributed by atoms with van der Waals surface area (Å²) < 4.78 is 0. The number of carbonyl (C=O) groups is 1. The smallest absolute Gasteiger partial charge is 0.223 e. The van der Waals surface area contributed by atoms with Crippen LogP contribution in [0.4, 0.5) is 0 Å². The Morgan fingerprint density at radius 2 is 1.90 bits per heavy atom. The molecule has 0 saturated heterocycles. The average molecular weight is 275 g/mol. The zero-order valence-corrected chi connectivity index (χ0v) is 12.2. The van der Waals surface area contributed by atoms with Crippen molar-refractivity contribution < 1.29 is 9.90 Å². The number of benzene rings is 1. The van der Waals surface area contributed by atoms with Crippen LogP contribution in [0.25, 0.3) is 0 Å². The van der Waals surface area contributed by atoms with E-state index in [4.69, 9.17) is 0 Å². The first kappa shape index (κ1) is 15.0. The molecule has 0 aromatic heterocycles. The number of hydrogen-bond acceptors (Lipinski definition) is 2. The summed E-state index contributed by atoms with van der Waals surface area (Å²) in [6, 6.07) is 9.61. The van der Waals surface area contributed by atoms with Gasteiger partial charge in [-0.15, -0.1) is 0 Å². The molecule has 1 aliphatic rings. The van der Waals surface area contributed by atoms with Gasteiger partial charge in [-0.1, -0.05) is 49.6 Å². The summed E-state index contributed by atoms with van der Waals surface area (Å²) in [5, 5.41) is 13.2. The molecule has 1 amide bonds. The Morgan fingerprint density at radius 3 is 2.55 bits per heavy atom. The summed E-state index contributed by atoms with van der Waals surface area (Å²) in [4.78, 5) is 12.1. The zero-order chi connectivity index (χ0) is 14.4. The van der Waals surface area contributed by atoms with Gasteiger partial charge in [0.25, 0.3) is 0 Å². The van der Waals surface area contributed by atoms with Crippen LogP contribution in [0.15, 0.2) is 30.3 Å². The number of aliphatic hydroxyl groups is 1. The van der Waals surface area contributed by atoms with Gasteiger partial charge in [0.05, 0.1) is 6.10 Å². The van der Waals surface area contributed by atoms with Gasteiger partial charge in [0.1, 0.15) is 0 Å². The number of aliphatic hydroxyl groups excluding tert-OH is 1. The second-order valence-corrected chi connectivity index (χ2v) is 5.91. The molecule has 1 aliphatic carbocycles. The fourth-order valence-electron chi connectivity index (χ4n) is 2.93. The molecule has 3 nitrogen and oxygen atoms in total. The molecule has 1 aromatic carbocycles. The molecule has 110 valence electrons. The second kappa shape index (κ2) is 7.44. The first-order valence-electron chi connectivity index (χ1n) is 7.70. The first-order chi connectivity index (χ1) is 9.66. The molecule has 20 heavy (non-hydrogen) atoms. The highest BCUT2D eigenvalue weighted by molar-refractivity contribution is 5.78. The lowest BCUT2D eigenvalue weighted by atomic mass is 9.88. The van der Waals surface area contributed by atoms with E-state index in [0.29, 0.717) is 6.42 Å². The van der Waals surface area contributed by atoms with Gasteiger partial charge in [0.2, 0.25) is 5.91 Å². The maximum Gasteiger partial charge on any atom is 0.223 e. The summed E-state index contributed by atoms with van der Waals surface area (Å²) >= 11 is 0. The number of carbonyl (C=O) groups excluding carboxylic acids is 1. The molecule has 2 rings (SSSR count). The van der Waals surface area contributed by atoms with E-state index in [2.05, 4.69) is 5.32 Å². The van der Waals surface area contributed by atoms with E-state index < -0.39 is 6.10 Å². The Bertz CT molecular complexity index is 412. The van der Waals surface area contributed by atoms with Crippen LogP contribution in [-0.4, -0.2) is 17.1 Å². The topological polar surface area (TPSA) is 49.3 Å². The molecule has 0 aliphatic heterocycles. The van der Waals surface area contributed by atoms with Crippen LogP contribution in [-0.2, 0) is 4.79 Å². The quantitative estimate of drug-likeness (QED) is 0.867. The first-order valence-corrected chi connectivity index (χ1v) is 7.70. The molecule has 2 N–H and O–H groups in total. The summed E-state index contributed by atoms with van der Waals surface area (Å²) in [6.45, 7) is 1.97. The normalized spacial score (nSPS) is 19.3. The van der Waals surface area contributed by atoms with Crippen molar-refractivity contribution in [1.29, 1.82) is 0 Å². The van der Waals surface area contributed by atoms with E-state index >= 15 is 0 Å². The molecule has 1 saturated carbocycles. The lowest BCUT2D eigenvalue weighted by Crippen LogP contribution is -2.38. The maximum atomic E-state index is 12.1. The number of nitrogens with one attached hydrogen (secondary N) is 1. The van der Waals surface area contributed by atoms with Crippen molar-refractivity contribution in [2.45, 2.75) is 57.6 Å². The average Bonchev–Trinajstić information content (AvgIpc) is 2.49. The van der Waals surface area contributed by atoms with E-state index in [9.17, 15) is 9.90 Å². The molecule has 1 aromatic rings. The van der Waals surface area contributed by atoms with E-state index in [1.165, 1.54) is 19.3 Å². The molecule has 0 radical (unpaired) electrons. The SMILES string of the molecule is CC(CC(O)c1ccccc1)NC(=O)C1CCCCC1. The van der Waals surface area contributed by atoms with Gasteiger partial charge in [0, 0.05) is 12.0 Å². The Kier molecular flexibility index (Phi) is 5.60. The van der Waals surface area contributed by atoms with Crippen molar-refractivity contribution >= 4 is 5.91 Å². The second-order valence-electron chi connectivity index (χ2n) is 5.91. The van der Waals surface area contributed by atoms with Gasteiger partial charge in [0.15, 0.2) is 0 Å². The monoisotopic (exact) mass is 275 g/mol. The maximum absolute atomic E-state index is 12.1. The summed E-state index contributed by atoms with van der Waals surface area (Å²) in [5.41, 5.74) is 0.909. The Morgan fingerprint density at radius 1 is 1.25 bits per heavy atom. The van der Waals surface area contributed by atoms with E-state index in [1.807, 2.05) is 37.3 Å². The summed E-state index contributed by atoms with van der Waals surface area (Å²) in [5.74, 6) is 0.345. The molecular formula is C17H25NO2. The zero-order valence-electron chi connectivity index (χ0n) is 12.2. The highest BCUT2D eigenvalue weighted by atomic mass is 16.3. The number of rotatable bonds is 5. The van der Waals surface area contributed by atoms with Crippen molar-refractivity contribution in [1.82, 2.24) is 5.32 Å². The third-order valence-corrected chi connectivity index (χ3v) is 4.13. The molecule has 0 heterocycles. The van der Waals surface area contributed by atoms with Gasteiger partial charge in [-0.25, -0.2) is 0 Å². The van der Waals surface area contributed by atoms with Crippen molar-refractivity contribution in [3.05, 3.63) is 35.9 Å². The van der Waals surface area contributed by atoms with Crippen LogP contribution in [0.3, 0.4) is 0 Å². The van der Waals surface area contributed by atoms with Crippen molar-refractivity contribution in [3.8, 4) is 0 Å². The molecule has 0 bridgehead atoms. The minimum absolute atomic E-state index is 0.000340. The Hall–Kier alpha value is -1.35. The predicted octanol–water partition coefficient (Wildman–Crippen LogP) is 3.20. The van der Waals surface area contributed by atoms with Crippen LogP contribution in [0, 0.1) is 5.92 Å². The standard InChI is InChI=1S/C17H25NO2/c1-13(12-16(19)14-8-4-2-5-9-14)18-17(20)15-10-6-3-7-11-15/h2,4-5,8-9,13,15-16,19H,3,6-7,10-12H2,1H3,(H,18,20). The minimum atomic E-state index is -0.516. The lowest BCUT2D eigenvalue weighted by Gasteiger charge is -2.24. The van der Waals surface area contributed by atoms with Gasteiger partial charge >= 0.3 is 0 Å². The fourth-order valence-corrected chi connectivity index (χ4v) is 2.93. The Labute approximate surface area is 121 Å². The van der Waals surface area contributed by atoms with E-state index in [0.717, 1.165) is 18.4 Å². The summed E-state index contributed by atoms with van der Waals surface area (Å²) in [7, 11) is 0. The molecule has 0 spiro atoms. The lowest BCUT2D eigenvalue weighted by molar-refractivity contribution is -0.126. The van der Waals surface area contributed by atoms with Gasteiger partial charge in [-0.2, -0.15) is 0 Å². The predicted molar refractivity (Wildman–Crippen MR) is 80.2 cm³/mol. The highest BCUT2D eigenvalue weighted by Gasteiger charge is 2.23. The number of amides is 1. The Balaban J connectivity index is 1.79. The van der Waals surface area contributed by atoms with Crippen LogP contribution in [0.2, 0.25) is 0 Å². The molecule has 1 fully saturated rings. The fraction of sp³-hybridized carbons (Fsp3) is 0.588. The van der Waals surface area contributed by atoms with Crippen LogP contribution < -0.4 is 5.32 Å². The number of hydrogen-bond donors (Lipinski definition) is 2. The molecule has 3 heteroatoms. The van der Waals surface area contributed by atoms with Crippen LogP contribution in [0.1, 0.15) is 57.1 Å². The van der Waals surface area contributed by atoms with Gasteiger partial charge in [-0.05, 0) is 31.7 Å². The van der Waals surface area contributed by atoms with Crippen molar-refractivity contribution in [2.24, 2.45) is 5.92 Å². The highest BCUT2D eigenvalue weighted by Crippen LogP contribution is 2.24. The van der Waals surface area contributed by atoms with Gasteiger partial charge < -0.3 is 10.4 Å². The molecular weight excluding hydrogens is 250 g/mol. The van der Waals surface area contributed by atoms with Crippen molar-refractivity contribution in [2.75, 3.05) is 0 Å².